The molecule has 0 unspecified atom stereocenters. The second kappa shape index (κ2) is 8.28. The van der Waals surface area contributed by atoms with Crippen LogP contribution < -0.4 is 10.1 Å². The Bertz CT molecular complexity index is 961. The number of nitrogens with zero attached hydrogens (tertiary/aromatic N) is 1. The molecule has 3 rings (SSSR count). The van der Waals surface area contributed by atoms with E-state index in [1.54, 1.807) is 19.1 Å². The number of hydrogen-bond acceptors (Lipinski definition) is 4. The molecule has 0 saturated carbocycles. The van der Waals surface area contributed by atoms with Gasteiger partial charge in [0.1, 0.15) is 11.6 Å². The number of ether oxygens (including phenoxy) is 1. The third kappa shape index (κ3) is 4.34. The maximum absolute atomic E-state index is 13.2. The topological polar surface area (TPSA) is 75.7 Å². The Morgan fingerprint density at radius 3 is 2.57 bits per heavy atom. The largest absolute Gasteiger partial charge is 0.497 e. The molecule has 2 aromatic rings. The van der Waals surface area contributed by atoms with Crippen LogP contribution in [0.3, 0.4) is 0 Å². The molecule has 28 heavy (non-hydrogen) atoms. The fourth-order valence-corrected chi connectivity index (χ4v) is 4.80. The zero-order chi connectivity index (χ0) is 20.3. The second-order valence-corrected chi connectivity index (χ2v) is 8.76. The molecule has 0 radical (unpaired) electrons. The third-order valence-electron chi connectivity index (χ3n) is 4.90. The molecule has 2 aromatic carbocycles. The Hall–Kier alpha value is -2.45. The minimum Gasteiger partial charge on any atom is -0.497 e. The fraction of sp³-hybridized carbons (Fsp3) is 0.350. The van der Waals surface area contributed by atoms with Crippen molar-refractivity contribution in [3.8, 4) is 5.75 Å². The number of hydrogen-bond donors (Lipinski definition) is 1. The van der Waals surface area contributed by atoms with Crippen molar-refractivity contribution in [2.24, 2.45) is 5.92 Å². The highest BCUT2D eigenvalue weighted by Crippen LogP contribution is 2.26. The molecular weight excluding hydrogens is 383 g/mol. The number of piperidine rings is 1. The molecule has 0 bridgehead atoms. The predicted octanol–water partition coefficient (Wildman–Crippen LogP) is 3.18. The van der Waals surface area contributed by atoms with Gasteiger partial charge in [-0.25, -0.2) is 12.8 Å². The molecule has 1 aliphatic heterocycles. The van der Waals surface area contributed by atoms with E-state index in [9.17, 15) is 17.6 Å². The van der Waals surface area contributed by atoms with Gasteiger partial charge in [-0.15, -0.1) is 0 Å². The Labute approximate surface area is 164 Å². The first-order chi connectivity index (χ1) is 13.3. The van der Waals surface area contributed by atoms with Gasteiger partial charge in [0.2, 0.25) is 15.9 Å². The number of aryl methyl sites for hydroxylation is 1. The molecule has 1 amide bonds. The molecule has 1 aliphatic rings. The van der Waals surface area contributed by atoms with Crippen LogP contribution in [0.4, 0.5) is 10.1 Å². The van der Waals surface area contributed by atoms with Crippen LogP contribution >= 0.6 is 0 Å². The summed E-state index contributed by atoms with van der Waals surface area (Å²) in [4.78, 5) is 12.8. The van der Waals surface area contributed by atoms with Gasteiger partial charge in [-0.05, 0) is 67.8 Å². The van der Waals surface area contributed by atoms with Crippen molar-refractivity contribution >= 4 is 21.6 Å². The molecule has 8 heteroatoms. The summed E-state index contributed by atoms with van der Waals surface area (Å²) in [5.74, 6) is -0.523. The summed E-state index contributed by atoms with van der Waals surface area (Å²) in [6.45, 7) is 2.19. The smallest absolute Gasteiger partial charge is 0.243 e. The molecule has 0 aromatic heterocycles. The standard InChI is InChI=1S/C20H23FN2O4S/c1-14-12-16(21)5-10-19(14)22-20(24)15-4-3-11-23(13-15)28(25,26)18-8-6-17(27-2)7-9-18/h5-10,12,15H,3-4,11,13H2,1-2H3,(H,22,24)/t15-/m0/s1. The van der Waals surface area contributed by atoms with E-state index in [2.05, 4.69) is 5.32 Å². The van der Waals surface area contributed by atoms with E-state index >= 15 is 0 Å². The van der Waals surface area contributed by atoms with Gasteiger partial charge < -0.3 is 10.1 Å². The lowest BCUT2D eigenvalue weighted by Crippen LogP contribution is -2.43. The molecule has 150 valence electrons. The SMILES string of the molecule is COc1ccc(S(=O)(=O)N2CCC[C@H](C(=O)Nc3ccc(F)cc3C)C2)cc1. The van der Waals surface area contributed by atoms with Gasteiger partial charge in [-0.2, -0.15) is 4.31 Å². The van der Waals surface area contributed by atoms with E-state index in [-0.39, 0.29) is 23.2 Å². The summed E-state index contributed by atoms with van der Waals surface area (Å²) in [5, 5.41) is 2.79. The molecule has 1 heterocycles. The number of anilines is 1. The van der Waals surface area contributed by atoms with Crippen LogP contribution in [-0.2, 0) is 14.8 Å². The first kappa shape index (κ1) is 20.3. The number of methoxy groups -OCH3 is 1. The van der Waals surface area contributed by atoms with E-state index < -0.39 is 15.9 Å². The zero-order valence-corrected chi connectivity index (χ0v) is 16.6. The third-order valence-corrected chi connectivity index (χ3v) is 6.78. The molecule has 1 saturated heterocycles. The minimum absolute atomic E-state index is 0.112. The lowest BCUT2D eigenvalue weighted by atomic mass is 9.98. The first-order valence-electron chi connectivity index (χ1n) is 9.02. The normalized spacial score (nSPS) is 17.9. The average Bonchev–Trinajstić information content (AvgIpc) is 2.70. The van der Waals surface area contributed by atoms with E-state index in [4.69, 9.17) is 4.74 Å². The highest BCUT2D eigenvalue weighted by Gasteiger charge is 2.33. The van der Waals surface area contributed by atoms with Gasteiger partial charge in [-0.3, -0.25) is 4.79 Å². The Morgan fingerprint density at radius 1 is 1.21 bits per heavy atom. The summed E-state index contributed by atoms with van der Waals surface area (Å²) in [6.07, 6.45) is 1.19. The summed E-state index contributed by atoms with van der Waals surface area (Å²) in [6, 6.07) is 10.3. The van der Waals surface area contributed by atoms with Crippen LogP contribution in [0.2, 0.25) is 0 Å². The maximum atomic E-state index is 13.2. The van der Waals surface area contributed by atoms with Gasteiger partial charge in [0, 0.05) is 18.8 Å². The number of amides is 1. The predicted molar refractivity (Wildman–Crippen MR) is 104 cm³/mol. The van der Waals surface area contributed by atoms with Gasteiger partial charge in [0.25, 0.3) is 0 Å². The lowest BCUT2D eigenvalue weighted by molar-refractivity contribution is -0.120. The maximum Gasteiger partial charge on any atom is 0.243 e. The van der Waals surface area contributed by atoms with Gasteiger partial charge in [-0.1, -0.05) is 0 Å². The van der Waals surface area contributed by atoms with Crippen LogP contribution in [0.5, 0.6) is 5.75 Å². The molecule has 1 N–H and O–H groups in total. The van der Waals surface area contributed by atoms with Crippen molar-refractivity contribution in [3.05, 3.63) is 53.8 Å². The van der Waals surface area contributed by atoms with Crippen molar-refractivity contribution in [1.29, 1.82) is 0 Å². The average molecular weight is 406 g/mol. The van der Waals surface area contributed by atoms with Gasteiger partial charge in [0.15, 0.2) is 0 Å². The van der Waals surface area contributed by atoms with Gasteiger partial charge in [0.05, 0.1) is 17.9 Å². The number of carbonyl (C=O) groups excluding carboxylic acids is 1. The summed E-state index contributed by atoms with van der Waals surface area (Å²) < 4.78 is 45.5. The van der Waals surface area contributed by atoms with E-state index in [1.165, 1.54) is 41.7 Å². The van der Waals surface area contributed by atoms with Crippen LogP contribution in [0.1, 0.15) is 18.4 Å². The zero-order valence-electron chi connectivity index (χ0n) is 15.8. The molecule has 0 aliphatic carbocycles. The molecular formula is C20H23FN2O4S. The van der Waals surface area contributed by atoms with Crippen molar-refractivity contribution in [2.75, 3.05) is 25.5 Å². The number of halogens is 1. The molecule has 6 nitrogen and oxygen atoms in total. The van der Waals surface area contributed by atoms with Crippen LogP contribution in [-0.4, -0.2) is 38.8 Å². The van der Waals surface area contributed by atoms with Crippen molar-refractivity contribution < 1.29 is 22.3 Å². The molecule has 0 spiro atoms. The monoisotopic (exact) mass is 406 g/mol. The van der Waals surface area contributed by atoms with Crippen LogP contribution in [0.25, 0.3) is 0 Å². The molecule has 1 atom stereocenters. The van der Waals surface area contributed by atoms with E-state index in [0.717, 1.165) is 0 Å². The number of rotatable bonds is 5. The van der Waals surface area contributed by atoms with Crippen molar-refractivity contribution in [2.45, 2.75) is 24.7 Å². The minimum atomic E-state index is -3.69. The van der Waals surface area contributed by atoms with Crippen molar-refractivity contribution in [3.63, 3.8) is 0 Å². The lowest BCUT2D eigenvalue weighted by Gasteiger charge is -2.31. The molecule has 1 fully saturated rings. The number of sulfonamides is 1. The second-order valence-electron chi connectivity index (χ2n) is 6.83. The quantitative estimate of drug-likeness (QED) is 0.828. The summed E-state index contributed by atoms with van der Waals surface area (Å²) in [5.41, 5.74) is 1.15. The van der Waals surface area contributed by atoms with E-state index in [1.807, 2.05) is 0 Å². The fourth-order valence-electron chi connectivity index (χ4n) is 3.27. The first-order valence-corrected chi connectivity index (χ1v) is 10.5. The highest BCUT2D eigenvalue weighted by molar-refractivity contribution is 7.89. The van der Waals surface area contributed by atoms with Crippen LogP contribution in [0.15, 0.2) is 47.4 Å². The van der Waals surface area contributed by atoms with Crippen molar-refractivity contribution in [1.82, 2.24) is 4.31 Å². The number of benzene rings is 2. The summed E-state index contributed by atoms with van der Waals surface area (Å²) in [7, 11) is -2.18. The highest BCUT2D eigenvalue weighted by atomic mass is 32.2. The van der Waals surface area contributed by atoms with E-state index in [0.29, 0.717) is 36.4 Å². The number of carbonyl (C=O) groups is 1. The Balaban J connectivity index is 1.72. The van der Waals surface area contributed by atoms with Gasteiger partial charge >= 0.3 is 0 Å². The Morgan fingerprint density at radius 2 is 1.93 bits per heavy atom. The Kier molecular flexibility index (Phi) is 6.00. The number of nitrogens with one attached hydrogen (secondary N) is 1. The summed E-state index contributed by atoms with van der Waals surface area (Å²) >= 11 is 0. The van der Waals surface area contributed by atoms with Crippen LogP contribution in [0, 0.1) is 18.7 Å².